The Hall–Kier alpha value is -2.25. The lowest BCUT2D eigenvalue weighted by Gasteiger charge is -2.08. The Morgan fingerprint density at radius 3 is 2.95 bits per heavy atom. The molecule has 3 aromatic rings. The second kappa shape index (κ2) is 5.03. The van der Waals surface area contributed by atoms with E-state index in [1.165, 1.54) is 18.3 Å². The molecule has 1 aromatic carbocycles. The number of benzene rings is 1. The molecular weight excluding hydrogens is 300 g/mol. The fraction of sp³-hybridized carbons (Fsp3) is 0. The molecule has 0 radical (unpaired) electrons. The molecule has 0 aliphatic rings. The van der Waals surface area contributed by atoms with Gasteiger partial charge < -0.3 is 10.4 Å². The number of rotatable bonds is 3. The highest BCUT2D eigenvalue weighted by atomic mass is 35.5. The van der Waals surface area contributed by atoms with Gasteiger partial charge in [-0.05, 0) is 24.3 Å². The van der Waals surface area contributed by atoms with Crippen LogP contribution in [0.4, 0.5) is 11.5 Å². The Labute approximate surface area is 122 Å². The molecule has 20 heavy (non-hydrogen) atoms. The maximum absolute atomic E-state index is 10.9. The monoisotopic (exact) mass is 306 g/mol. The van der Waals surface area contributed by atoms with Gasteiger partial charge in [-0.2, -0.15) is 8.75 Å². The van der Waals surface area contributed by atoms with Crippen LogP contribution < -0.4 is 5.32 Å². The van der Waals surface area contributed by atoms with E-state index in [2.05, 4.69) is 19.0 Å². The molecule has 2 N–H and O–H groups in total. The topological polar surface area (TPSA) is 88.0 Å². The highest BCUT2D eigenvalue weighted by Gasteiger charge is 2.11. The molecule has 0 aliphatic heterocycles. The molecule has 0 fully saturated rings. The Morgan fingerprint density at radius 1 is 1.30 bits per heavy atom. The van der Waals surface area contributed by atoms with Crippen LogP contribution in [-0.2, 0) is 0 Å². The van der Waals surface area contributed by atoms with Crippen LogP contribution >= 0.6 is 23.3 Å². The van der Waals surface area contributed by atoms with Gasteiger partial charge in [0.15, 0.2) is 0 Å². The molecule has 2 aromatic heterocycles. The minimum absolute atomic E-state index is 0.141. The molecule has 0 saturated heterocycles. The standard InChI is InChI=1S/C12H7ClN4O2S/c13-7-1-2-8-11(17-20-16-8)10(7)15-9-5-6(12(18)19)3-4-14-9/h1-5H,(H,14,15)(H,18,19). The number of hydrogen-bond donors (Lipinski definition) is 2. The number of aromatic nitrogens is 3. The third kappa shape index (κ3) is 2.28. The molecule has 0 bridgehead atoms. The van der Waals surface area contributed by atoms with Gasteiger partial charge >= 0.3 is 5.97 Å². The third-order valence-electron chi connectivity index (χ3n) is 2.64. The maximum atomic E-state index is 10.9. The second-order valence-electron chi connectivity index (χ2n) is 3.91. The molecule has 2 heterocycles. The van der Waals surface area contributed by atoms with E-state index >= 15 is 0 Å². The molecular formula is C12H7ClN4O2S. The lowest BCUT2D eigenvalue weighted by atomic mass is 10.2. The van der Waals surface area contributed by atoms with Gasteiger partial charge in [0, 0.05) is 6.20 Å². The summed E-state index contributed by atoms with van der Waals surface area (Å²) in [6.45, 7) is 0. The predicted octanol–water partition coefficient (Wildman–Crippen LogP) is 3.18. The molecule has 0 aliphatic carbocycles. The van der Waals surface area contributed by atoms with Crippen LogP contribution in [0.15, 0.2) is 30.5 Å². The molecule has 0 unspecified atom stereocenters. The highest BCUT2D eigenvalue weighted by Crippen LogP contribution is 2.32. The first kappa shape index (κ1) is 12.8. The quantitative estimate of drug-likeness (QED) is 0.772. The SMILES string of the molecule is O=C(O)c1ccnc(Nc2c(Cl)ccc3nsnc23)c1. The normalized spacial score (nSPS) is 10.7. The van der Waals surface area contributed by atoms with Crippen LogP contribution in [0.1, 0.15) is 10.4 Å². The van der Waals surface area contributed by atoms with Gasteiger partial charge in [-0.15, -0.1) is 0 Å². The lowest BCUT2D eigenvalue weighted by Crippen LogP contribution is -2.00. The average molecular weight is 307 g/mol. The molecule has 3 rings (SSSR count). The van der Waals surface area contributed by atoms with E-state index in [9.17, 15) is 4.79 Å². The predicted molar refractivity (Wildman–Crippen MR) is 76.9 cm³/mol. The zero-order chi connectivity index (χ0) is 14.1. The molecule has 8 heteroatoms. The lowest BCUT2D eigenvalue weighted by molar-refractivity contribution is 0.0697. The number of carbonyl (C=O) groups is 1. The number of anilines is 2. The van der Waals surface area contributed by atoms with Crippen molar-refractivity contribution in [2.24, 2.45) is 0 Å². The molecule has 0 amide bonds. The molecule has 0 spiro atoms. The van der Waals surface area contributed by atoms with Crippen molar-refractivity contribution in [1.82, 2.24) is 13.7 Å². The van der Waals surface area contributed by atoms with Crippen molar-refractivity contribution in [3.05, 3.63) is 41.0 Å². The number of halogens is 1. The van der Waals surface area contributed by atoms with Crippen LogP contribution in [0.3, 0.4) is 0 Å². The van der Waals surface area contributed by atoms with Gasteiger partial charge in [0.1, 0.15) is 16.9 Å². The number of aromatic carboxylic acids is 1. The van der Waals surface area contributed by atoms with Crippen molar-refractivity contribution in [3.8, 4) is 0 Å². The van der Waals surface area contributed by atoms with Crippen LogP contribution in [0, 0.1) is 0 Å². The van der Waals surface area contributed by atoms with Crippen molar-refractivity contribution in [3.63, 3.8) is 0 Å². The van der Waals surface area contributed by atoms with E-state index in [0.717, 1.165) is 17.2 Å². The first-order valence-electron chi connectivity index (χ1n) is 5.52. The first-order valence-corrected chi connectivity index (χ1v) is 6.63. The van der Waals surface area contributed by atoms with Gasteiger partial charge in [-0.3, -0.25) is 0 Å². The van der Waals surface area contributed by atoms with Gasteiger partial charge in [-0.1, -0.05) is 11.6 Å². The fourth-order valence-corrected chi connectivity index (χ4v) is 2.45. The summed E-state index contributed by atoms with van der Waals surface area (Å²) in [7, 11) is 0. The zero-order valence-corrected chi connectivity index (χ0v) is 11.4. The van der Waals surface area contributed by atoms with E-state index in [1.807, 2.05) is 0 Å². The van der Waals surface area contributed by atoms with Crippen molar-refractivity contribution in [2.75, 3.05) is 5.32 Å². The molecule has 6 nitrogen and oxygen atoms in total. The van der Waals surface area contributed by atoms with Crippen LogP contribution in [0.2, 0.25) is 5.02 Å². The minimum Gasteiger partial charge on any atom is -0.478 e. The number of carboxylic acid groups (broad SMARTS) is 1. The molecule has 0 atom stereocenters. The van der Waals surface area contributed by atoms with Gasteiger partial charge in [-0.25, -0.2) is 9.78 Å². The summed E-state index contributed by atoms with van der Waals surface area (Å²) in [5.74, 6) is -0.637. The summed E-state index contributed by atoms with van der Waals surface area (Å²) in [6, 6.07) is 6.32. The highest BCUT2D eigenvalue weighted by molar-refractivity contribution is 7.00. The summed E-state index contributed by atoms with van der Waals surface area (Å²) in [6.07, 6.45) is 1.42. The van der Waals surface area contributed by atoms with E-state index in [4.69, 9.17) is 16.7 Å². The number of hydrogen-bond acceptors (Lipinski definition) is 6. The van der Waals surface area contributed by atoms with Crippen LogP contribution in [0.25, 0.3) is 11.0 Å². The molecule has 0 saturated carbocycles. The zero-order valence-electron chi connectivity index (χ0n) is 9.87. The summed E-state index contributed by atoms with van der Waals surface area (Å²) in [4.78, 5) is 15.0. The van der Waals surface area contributed by atoms with Gasteiger partial charge in [0.2, 0.25) is 0 Å². The summed E-state index contributed by atoms with van der Waals surface area (Å²) in [5, 5.41) is 12.4. The van der Waals surface area contributed by atoms with Crippen LogP contribution in [0.5, 0.6) is 0 Å². The van der Waals surface area contributed by atoms with E-state index in [1.54, 1.807) is 12.1 Å². The number of pyridine rings is 1. The smallest absolute Gasteiger partial charge is 0.335 e. The average Bonchev–Trinajstić information content (AvgIpc) is 2.91. The Bertz CT molecular complexity index is 805. The Balaban J connectivity index is 2.05. The Morgan fingerprint density at radius 2 is 2.15 bits per heavy atom. The molecule has 100 valence electrons. The van der Waals surface area contributed by atoms with Crippen molar-refractivity contribution in [2.45, 2.75) is 0 Å². The third-order valence-corrected chi connectivity index (χ3v) is 3.49. The van der Waals surface area contributed by atoms with Crippen molar-refractivity contribution < 1.29 is 9.90 Å². The number of nitrogens with zero attached hydrogens (tertiary/aromatic N) is 3. The largest absolute Gasteiger partial charge is 0.478 e. The summed E-state index contributed by atoms with van der Waals surface area (Å²) < 4.78 is 8.30. The number of fused-ring (bicyclic) bond motifs is 1. The van der Waals surface area contributed by atoms with Crippen molar-refractivity contribution >= 4 is 51.8 Å². The fourth-order valence-electron chi connectivity index (χ4n) is 1.71. The van der Waals surface area contributed by atoms with Gasteiger partial charge in [0.05, 0.1) is 28.0 Å². The van der Waals surface area contributed by atoms with Crippen LogP contribution in [-0.4, -0.2) is 24.8 Å². The maximum Gasteiger partial charge on any atom is 0.335 e. The Kier molecular flexibility index (Phi) is 3.21. The number of nitrogens with one attached hydrogen (secondary N) is 1. The van der Waals surface area contributed by atoms with Crippen molar-refractivity contribution in [1.29, 1.82) is 0 Å². The van der Waals surface area contributed by atoms with E-state index in [-0.39, 0.29) is 5.56 Å². The number of carboxylic acids is 1. The van der Waals surface area contributed by atoms with E-state index in [0.29, 0.717) is 22.0 Å². The second-order valence-corrected chi connectivity index (χ2v) is 4.85. The summed E-state index contributed by atoms with van der Waals surface area (Å²) in [5.41, 5.74) is 2.05. The first-order chi connectivity index (χ1) is 9.65. The van der Waals surface area contributed by atoms with Gasteiger partial charge in [0.25, 0.3) is 0 Å². The van der Waals surface area contributed by atoms with E-state index < -0.39 is 5.97 Å². The summed E-state index contributed by atoms with van der Waals surface area (Å²) >= 11 is 7.22. The minimum atomic E-state index is -1.02.